The number of carbonyl (C=O) groups is 1. The minimum absolute atomic E-state index is 0.276. The molecule has 2 aliphatic rings. The van der Waals surface area contributed by atoms with Gasteiger partial charge in [-0.25, -0.2) is 0 Å². The maximum atomic E-state index is 12.8. The van der Waals surface area contributed by atoms with E-state index in [0.29, 0.717) is 18.4 Å². The van der Waals surface area contributed by atoms with E-state index in [0.717, 1.165) is 44.6 Å². The van der Waals surface area contributed by atoms with Crippen LogP contribution in [0.2, 0.25) is 0 Å². The van der Waals surface area contributed by atoms with Gasteiger partial charge >= 0.3 is 0 Å². The summed E-state index contributed by atoms with van der Waals surface area (Å²) in [5, 5.41) is 0. The number of piperidine rings is 1. The average molecular weight is 378 g/mol. The van der Waals surface area contributed by atoms with E-state index >= 15 is 0 Å². The highest BCUT2D eigenvalue weighted by atomic mass is 16.2. The summed E-state index contributed by atoms with van der Waals surface area (Å²) in [7, 11) is 0. The summed E-state index contributed by atoms with van der Waals surface area (Å²) in [5.41, 5.74) is 3.94. The van der Waals surface area contributed by atoms with E-state index in [-0.39, 0.29) is 5.92 Å². The third kappa shape index (κ3) is 4.99. The SMILES string of the molecule is Cc1ccccc1CN1CCC(CN(Cc2cccnc2)C(=O)C2CC2)CC1. The van der Waals surface area contributed by atoms with Crippen molar-refractivity contribution in [3.8, 4) is 0 Å². The van der Waals surface area contributed by atoms with Crippen LogP contribution in [0.15, 0.2) is 48.8 Å². The van der Waals surface area contributed by atoms with Crippen molar-refractivity contribution < 1.29 is 4.79 Å². The Bertz CT molecular complexity index is 779. The quantitative estimate of drug-likeness (QED) is 0.731. The number of pyridine rings is 1. The van der Waals surface area contributed by atoms with Crippen LogP contribution in [0, 0.1) is 18.8 Å². The monoisotopic (exact) mass is 377 g/mol. The Kier molecular flexibility index (Phi) is 6.06. The van der Waals surface area contributed by atoms with E-state index in [4.69, 9.17) is 0 Å². The Morgan fingerprint density at radius 1 is 1.11 bits per heavy atom. The van der Waals surface area contributed by atoms with E-state index < -0.39 is 0 Å². The Morgan fingerprint density at radius 2 is 1.89 bits per heavy atom. The van der Waals surface area contributed by atoms with Crippen LogP contribution in [0.3, 0.4) is 0 Å². The van der Waals surface area contributed by atoms with Crippen LogP contribution in [-0.4, -0.2) is 40.3 Å². The Hall–Kier alpha value is -2.20. The molecule has 0 radical (unpaired) electrons. The molecule has 1 amide bonds. The van der Waals surface area contributed by atoms with E-state index in [9.17, 15) is 4.79 Å². The highest BCUT2D eigenvalue weighted by molar-refractivity contribution is 5.81. The molecule has 1 aliphatic carbocycles. The van der Waals surface area contributed by atoms with Gasteiger partial charge in [-0.2, -0.15) is 0 Å². The first kappa shape index (κ1) is 19.1. The molecule has 0 N–H and O–H groups in total. The molecule has 4 rings (SSSR count). The van der Waals surface area contributed by atoms with Crippen LogP contribution in [0.1, 0.15) is 42.4 Å². The number of nitrogens with zero attached hydrogens (tertiary/aromatic N) is 3. The fraction of sp³-hybridized carbons (Fsp3) is 0.500. The van der Waals surface area contributed by atoms with Crippen molar-refractivity contribution in [2.75, 3.05) is 19.6 Å². The van der Waals surface area contributed by atoms with Gasteiger partial charge in [0.05, 0.1) is 0 Å². The molecule has 4 heteroatoms. The van der Waals surface area contributed by atoms with E-state index in [1.807, 2.05) is 12.3 Å². The molecule has 4 nitrogen and oxygen atoms in total. The summed E-state index contributed by atoms with van der Waals surface area (Å²) in [6.45, 7) is 7.07. The number of aryl methyl sites for hydroxylation is 1. The summed E-state index contributed by atoms with van der Waals surface area (Å²) in [5.74, 6) is 1.23. The Labute approximate surface area is 168 Å². The zero-order valence-electron chi connectivity index (χ0n) is 16.9. The molecule has 2 heterocycles. The van der Waals surface area contributed by atoms with Gasteiger partial charge < -0.3 is 4.90 Å². The van der Waals surface area contributed by atoms with Crippen molar-refractivity contribution in [3.63, 3.8) is 0 Å². The molecule has 0 unspecified atom stereocenters. The zero-order valence-corrected chi connectivity index (χ0v) is 16.9. The molecule has 1 aliphatic heterocycles. The highest BCUT2D eigenvalue weighted by Crippen LogP contribution is 2.32. The minimum atomic E-state index is 0.276. The second kappa shape index (κ2) is 8.87. The highest BCUT2D eigenvalue weighted by Gasteiger charge is 2.34. The lowest BCUT2D eigenvalue weighted by Crippen LogP contribution is -2.41. The van der Waals surface area contributed by atoms with Crippen molar-refractivity contribution in [2.45, 2.75) is 45.7 Å². The fourth-order valence-electron chi connectivity index (χ4n) is 4.20. The Balaban J connectivity index is 1.32. The van der Waals surface area contributed by atoms with Gasteiger partial charge in [-0.05, 0) is 74.4 Å². The summed E-state index contributed by atoms with van der Waals surface area (Å²) < 4.78 is 0. The predicted octanol–water partition coefficient (Wildman–Crippen LogP) is 4.04. The predicted molar refractivity (Wildman–Crippen MR) is 112 cm³/mol. The maximum absolute atomic E-state index is 12.8. The maximum Gasteiger partial charge on any atom is 0.225 e. The molecule has 1 saturated carbocycles. The summed E-state index contributed by atoms with van der Waals surface area (Å²) in [4.78, 5) is 21.7. The largest absolute Gasteiger partial charge is 0.338 e. The molecule has 2 fully saturated rings. The van der Waals surface area contributed by atoms with E-state index in [1.54, 1.807) is 6.20 Å². The number of likely N-dealkylation sites (tertiary alicyclic amines) is 1. The molecule has 0 atom stereocenters. The van der Waals surface area contributed by atoms with E-state index in [1.165, 1.54) is 24.0 Å². The number of benzene rings is 1. The number of hydrogen-bond donors (Lipinski definition) is 0. The van der Waals surface area contributed by atoms with Crippen LogP contribution in [0.25, 0.3) is 0 Å². The van der Waals surface area contributed by atoms with Crippen LogP contribution >= 0.6 is 0 Å². The number of rotatable bonds is 7. The molecule has 1 saturated heterocycles. The normalized spacial score (nSPS) is 18.2. The lowest BCUT2D eigenvalue weighted by atomic mass is 9.95. The lowest BCUT2D eigenvalue weighted by Gasteiger charge is -2.35. The third-order valence-corrected chi connectivity index (χ3v) is 6.18. The van der Waals surface area contributed by atoms with Crippen LogP contribution in [0.4, 0.5) is 0 Å². The second-order valence-electron chi connectivity index (χ2n) is 8.50. The van der Waals surface area contributed by atoms with Gasteiger partial charge in [0.15, 0.2) is 0 Å². The molecule has 1 aromatic carbocycles. The van der Waals surface area contributed by atoms with Gasteiger partial charge in [0.25, 0.3) is 0 Å². The number of aromatic nitrogens is 1. The molecule has 28 heavy (non-hydrogen) atoms. The summed E-state index contributed by atoms with van der Waals surface area (Å²) in [6.07, 6.45) is 8.16. The summed E-state index contributed by atoms with van der Waals surface area (Å²) >= 11 is 0. The first-order valence-corrected chi connectivity index (χ1v) is 10.6. The van der Waals surface area contributed by atoms with Gasteiger partial charge in [0.2, 0.25) is 5.91 Å². The molecule has 0 bridgehead atoms. The van der Waals surface area contributed by atoms with Gasteiger partial charge in [0.1, 0.15) is 0 Å². The molecule has 0 spiro atoms. The fourth-order valence-corrected chi connectivity index (χ4v) is 4.20. The minimum Gasteiger partial charge on any atom is -0.338 e. The second-order valence-corrected chi connectivity index (χ2v) is 8.50. The first-order valence-electron chi connectivity index (χ1n) is 10.6. The Morgan fingerprint density at radius 3 is 2.57 bits per heavy atom. The molecule has 2 aromatic rings. The van der Waals surface area contributed by atoms with Crippen LogP contribution in [0.5, 0.6) is 0 Å². The van der Waals surface area contributed by atoms with Crippen molar-refractivity contribution in [2.24, 2.45) is 11.8 Å². The average Bonchev–Trinajstić information content (AvgIpc) is 3.56. The lowest BCUT2D eigenvalue weighted by molar-refractivity contribution is -0.134. The van der Waals surface area contributed by atoms with Crippen molar-refractivity contribution >= 4 is 5.91 Å². The molecule has 1 aromatic heterocycles. The van der Waals surface area contributed by atoms with Crippen molar-refractivity contribution in [1.29, 1.82) is 0 Å². The molecular formula is C24H31N3O. The molecular weight excluding hydrogens is 346 g/mol. The standard InChI is InChI=1S/C24H31N3O/c1-19-5-2-3-7-23(19)18-26-13-10-20(11-14-26)16-27(24(28)22-8-9-22)17-21-6-4-12-25-15-21/h2-7,12,15,20,22H,8-11,13-14,16-18H2,1H3. The third-order valence-electron chi connectivity index (χ3n) is 6.18. The zero-order chi connectivity index (χ0) is 19.3. The van der Waals surface area contributed by atoms with Crippen LogP contribution in [-0.2, 0) is 17.9 Å². The number of hydrogen-bond acceptors (Lipinski definition) is 3. The van der Waals surface area contributed by atoms with Crippen LogP contribution < -0.4 is 0 Å². The van der Waals surface area contributed by atoms with Gasteiger partial charge in [-0.1, -0.05) is 30.3 Å². The van der Waals surface area contributed by atoms with Gasteiger partial charge in [0, 0.05) is 37.9 Å². The first-order chi connectivity index (χ1) is 13.7. The van der Waals surface area contributed by atoms with Crippen molar-refractivity contribution in [3.05, 3.63) is 65.5 Å². The summed E-state index contributed by atoms with van der Waals surface area (Å²) in [6, 6.07) is 12.7. The topological polar surface area (TPSA) is 36.4 Å². The molecule has 148 valence electrons. The number of carbonyl (C=O) groups excluding carboxylic acids is 1. The van der Waals surface area contributed by atoms with E-state index in [2.05, 4.69) is 52.0 Å². The van der Waals surface area contributed by atoms with Crippen molar-refractivity contribution in [1.82, 2.24) is 14.8 Å². The smallest absolute Gasteiger partial charge is 0.225 e. The number of amides is 1. The van der Waals surface area contributed by atoms with Gasteiger partial charge in [-0.15, -0.1) is 0 Å². The van der Waals surface area contributed by atoms with Gasteiger partial charge in [-0.3, -0.25) is 14.7 Å².